The summed E-state index contributed by atoms with van der Waals surface area (Å²) in [4.78, 5) is 15.8. The van der Waals surface area contributed by atoms with Gasteiger partial charge in [-0.2, -0.15) is 0 Å². The standard InChI is InChI=1S/C34H44N2O3Si/c1-38-22-29-17-27-18-30(39-2)10-11-31(27)33(36(29)32(37)12-13-40(3,4)5)26-6-8-28(9-7-26)35-34-19-23-14-24(20-34)16-25(15-23)21-34/h6-11,18,23-25,29,33,35H,14-17,19-22H2,1-5H3/t23?,24?,25?,29-,33-,34?/m1/s1. The first kappa shape index (κ1) is 27.4. The Morgan fingerprint density at radius 2 is 1.65 bits per heavy atom. The fraction of sp³-hybridized carbons (Fsp3) is 0.559. The second kappa shape index (κ2) is 10.6. The summed E-state index contributed by atoms with van der Waals surface area (Å²) < 4.78 is 11.2. The van der Waals surface area contributed by atoms with Gasteiger partial charge in [0, 0.05) is 18.3 Å². The van der Waals surface area contributed by atoms with Gasteiger partial charge in [-0.05, 0) is 110 Å². The van der Waals surface area contributed by atoms with Gasteiger partial charge in [-0.1, -0.05) is 37.8 Å². The molecule has 0 unspecified atom stereocenters. The number of ether oxygens (including phenoxy) is 2. The molecule has 2 aromatic rings. The largest absolute Gasteiger partial charge is 0.497 e. The summed E-state index contributed by atoms with van der Waals surface area (Å²) in [7, 11) is 1.69. The summed E-state index contributed by atoms with van der Waals surface area (Å²) in [6, 6.07) is 14.8. The van der Waals surface area contributed by atoms with Gasteiger partial charge >= 0.3 is 0 Å². The molecule has 5 nitrogen and oxygen atoms in total. The lowest BCUT2D eigenvalue weighted by atomic mass is 9.53. The van der Waals surface area contributed by atoms with E-state index in [2.05, 4.69) is 72.8 Å². The Hall–Kier alpha value is -2.75. The molecule has 4 fully saturated rings. The minimum atomic E-state index is -1.72. The molecule has 1 aliphatic heterocycles. The summed E-state index contributed by atoms with van der Waals surface area (Å²) in [6.45, 7) is 6.97. The van der Waals surface area contributed by atoms with Crippen molar-refractivity contribution in [2.45, 2.75) is 82.2 Å². The number of hydrogen-bond donors (Lipinski definition) is 1. The topological polar surface area (TPSA) is 50.8 Å². The lowest BCUT2D eigenvalue weighted by Gasteiger charge is -2.57. The second-order valence-electron chi connectivity index (χ2n) is 13.9. The van der Waals surface area contributed by atoms with Gasteiger partial charge in [0.1, 0.15) is 13.8 Å². The zero-order valence-corrected chi connectivity index (χ0v) is 25.8. The van der Waals surface area contributed by atoms with Crippen LogP contribution in [0.15, 0.2) is 42.5 Å². The van der Waals surface area contributed by atoms with E-state index < -0.39 is 8.07 Å². The molecule has 1 amide bonds. The molecule has 0 radical (unpaired) electrons. The molecular weight excluding hydrogens is 512 g/mol. The van der Waals surface area contributed by atoms with Crippen LogP contribution < -0.4 is 10.1 Å². The van der Waals surface area contributed by atoms with Crippen molar-refractivity contribution < 1.29 is 14.3 Å². The van der Waals surface area contributed by atoms with Crippen LogP contribution in [0.1, 0.15) is 61.3 Å². The lowest BCUT2D eigenvalue weighted by molar-refractivity contribution is -0.131. The van der Waals surface area contributed by atoms with Gasteiger partial charge in [0.2, 0.25) is 0 Å². The van der Waals surface area contributed by atoms with E-state index in [1.165, 1.54) is 49.8 Å². The molecule has 40 heavy (non-hydrogen) atoms. The summed E-state index contributed by atoms with van der Waals surface area (Å²) >= 11 is 0. The molecule has 1 N–H and O–H groups in total. The predicted molar refractivity (Wildman–Crippen MR) is 163 cm³/mol. The summed E-state index contributed by atoms with van der Waals surface area (Å²) in [6.07, 6.45) is 8.99. The fourth-order valence-corrected chi connectivity index (χ4v) is 8.93. The molecule has 2 atom stereocenters. The highest BCUT2D eigenvalue weighted by molar-refractivity contribution is 6.84. The van der Waals surface area contributed by atoms with Gasteiger partial charge < -0.3 is 19.7 Å². The van der Waals surface area contributed by atoms with Crippen molar-refractivity contribution >= 4 is 19.7 Å². The van der Waals surface area contributed by atoms with Crippen molar-refractivity contribution in [3.8, 4) is 17.2 Å². The molecule has 0 saturated heterocycles. The molecule has 0 aromatic heterocycles. The Bertz CT molecular complexity index is 1280. The van der Waals surface area contributed by atoms with Crippen molar-refractivity contribution in [2.75, 3.05) is 26.1 Å². The van der Waals surface area contributed by atoms with Crippen molar-refractivity contribution in [1.29, 1.82) is 0 Å². The van der Waals surface area contributed by atoms with Crippen molar-refractivity contribution in [1.82, 2.24) is 4.90 Å². The van der Waals surface area contributed by atoms with E-state index in [0.29, 0.717) is 13.0 Å². The van der Waals surface area contributed by atoms with Gasteiger partial charge in [-0.25, -0.2) is 0 Å². The van der Waals surface area contributed by atoms with Crippen LogP contribution in [0.3, 0.4) is 0 Å². The molecule has 4 bridgehead atoms. The number of methoxy groups -OCH3 is 2. The fourth-order valence-electron chi connectivity index (χ4n) is 8.44. The third kappa shape index (κ3) is 5.43. The van der Waals surface area contributed by atoms with Crippen LogP contribution >= 0.6 is 0 Å². The maximum Gasteiger partial charge on any atom is 0.299 e. The van der Waals surface area contributed by atoms with Crippen LogP contribution in [-0.4, -0.2) is 51.3 Å². The molecule has 2 aromatic carbocycles. The Kier molecular flexibility index (Phi) is 7.25. The maximum atomic E-state index is 13.8. The molecule has 5 aliphatic rings. The van der Waals surface area contributed by atoms with Crippen LogP contribution in [-0.2, 0) is 16.0 Å². The number of anilines is 1. The molecule has 7 rings (SSSR count). The predicted octanol–water partition coefficient (Wildman–Crippen LogP) is 6.45. The van der Waals surface area contributed by atoms with Gasteiger partial charge in [0.25, 0.3) is 5.91 Å². The van der Waals surface area contributed by atoms with Crippen LogP contribution in [0.2, 0.25) is 19.6 Å². The Labute approximate surface area is 241 Å². The number of hydrogen-bond acceptors (Lipinski definition) is 4. The zero-order valence-electron chi connectivity index (χ0n) is 24.8. The SMILES string of the molecule is COC[C@H]1Cc2cc(OC)ccc2[C@@H](c2ccc(NC34CC5CC(CC(C5)C3)C4)cc2)N1C(=O)C#C[Si](C)(C)C. The highest BCUT2D eigenvalue weighted by Crippen LogP contribution is 2.56. The molecule has 0 spiro atoms. The molecule has 6 heteroatoms. The zero-order chi connectivity index (χ0) is 28.1. The quantitative estimate of drug-likeness (QED) is 0.328. The summed E-state index contributed by atoms with van der Waals surface area (Å²) in [5.41, 5.74) is 8.20. The number of nitrogens with zero attached hydrogens (tertiary/aromatic N) is 1. The van der Waals surface area contributed by atoms with E-state index >= 15 is 0 Å². The normalized spacial score (nSPS) is 30.3. The minimum Gasteiger partial charge on any atom is -0.497 e. The Morgan fingerprint density at radius 1 is 1.00 bits per heavy atom. The molecule has 4 saturated carbocycles. The third-order valence-corrected chi connectivity index (χ3v) is 10.5. The van der Waals surface area contributed by atoms with Gasteiger partial charge in [0.05, 0.1) is 25.8 Å². The van der Waals surface area contributed by atoms with E-state index in [9.17, 15) is 4.79 Å². The summed E-state index contributed by atoms with van der Waals surface area (Å²) in [5.74, 6) is 6.47. The van der Waals surface area contributed by atoms with E-state index in [-0.39, 0.29) is 23.5 Å². The smallest absolute Gasteiger partial charge is 0.299 e. The average molecular weight is 557 g/mol. The first-order valence-electron chi connectivity index (χ1n) is 15.0. The Morgan fingerprint density at radius 3 is 2.23 bits per heavy atom. The number of carbonyl (C=O) groups excluding carboxylic acids is 1. The lowest BCUT2D eigenvalue weighted by Crippen LogP contribution is -2.54. The van der Waals surface area contributed by atoms with Crippen molar-refractivity contribution in [2.24, 2.45) is 17.8 Å². The maximum absolute atomic E-state index is 13.8. The van der Waals surface area contributed by atoms with Crippen LogP contribution in [0, 0.1) is 29.2 Å². The molecule has 4 aliphatic carbocycles. The first-order chi connectivity index (χ1) is 19.1. The number of carbonyl (C=O) groups is 1. The highest BCUT2D eigenvalue weighted by Gasteiger charge is 2.51. The second-order valence-corrected chi connectivity index (χ2v) is 18.7. The van der Waals surface area contributed by atoms with Crippen LogP contribution in [0.5, 0.6) is 5.75 Å². The van der Waals surface area contributed by atoms with Crippen LogP contribution in [0.25, 0.3) is 0 Å². The summed E-state index contributed by atoms with van der Waals surface area (Å²) in [5, 5.41) is 4.02. The average Bonchev–Trinajstić information content (AvgIpc) is 2.90. The van der Waals surface area contributed by atoms with Crippen molar-refractivity contribution in [3.63, 3.8) is 0 Å². The monoisotopic (exact) mass is 556 g/mol. The van der Waals surface area contributed by atoms with E-state index in [1.54, 1.807) is 14.2 Å². The third-order valence-electron chi connectivity index (χ3n) is 9.58. The van der Waals surface area contributed by atoms with Gasteiger partial charge in [-0.3, -0.25) is 4.79 Å². The molecule has 212 valence electrons. The minimum absolute atomic E-state index is 0.108. The van der Waals surface area contributed by atoms with E-state index in [4.69, 9.17) is 9.47 Å². The van der Waals surface area contributed by atoms with Gasteiger partial charge in [-0.15, -0.1) is 5.54 Å². The molecular formula is C34H44N2O3Si. The number of fused-ring (bicyclic) bond motifs is 1. The highest BCUT2D eigenvalue weighted by atomic mass is 28.3. The van der Waals surface area contributed by atoms with Crippen LogP contribution in [0.4, 0.5) is 5.69 Å². The number of benzene rings is 2. The van der Waals surface area contributed by atoms with E-state index in [1.807, 2.05) is 11.0 Å². The number of amides is 1. The van der Waals surface area contributed by atoms with Gasteiger partial charge in [0.15, 0.2) is 0 Å². The van der Waals surface area contributed by atoms with Crippen molar-refractivity contribution in [3.05, 3.63) is 59.2 Å². The Balaban J connectivity index is 1.34. The number of nitrogens with one attached hydrogen (secondary N) is 1. The van der Waals surface area contributed by atoms with E-state index in [0.717, 1.165) is 34.6 Å². The number of rotatable bonds is 6. The first-order valence-corrected chi connectivity index (χ1v) is 18.5. The molecule has 1 heterocycles.